The predicted octanol–water partition coefficient (Wildman–Crippen LogP) is 2.99. The van der Waals surface area contributed by atoms with E-state index in [1.807, 2.05) is 0 Å². The predicted molar refractivity (Wildman–Crippen MR) is 51.9 cm³/mol. The molecule has 0 N–H and O–H groups in total. The van der Waals surface area contributed by atoms with Crippen molar-refractivity contribution in [1.82, 2.24) is 4.98 Å². The number of pyridine rings is 1. The minimum atomic E-state index is -2.60. The number of carbonyl (C=O) groups is 1. The first-order valence-corrected chi connectivity index (χ1v) is 4.86. The van der Waals surface area contributed by atoms with Crippen LogP contribution in [0, 0.1) is 0 Å². The quantitative estimate of drug-likeness (QED) is 0.620. The van der Waals surface area contributed by atoms with Crippen LogP contribution in [-0.2, 0) is 0 Å². The van der Waals surface area contributed by atoms with E-state index in [2.05, 4.69) is 20.9 Å². The molecular weight excluding hydrogens is 256 g/mol. The van der Waals surface area contributed by atoms with E-state index in [0.717, 1.165) is 6.07 Å². The van der Waals surface area contributed by atoms with Crippen LogP contribution in [0.15, 0.2) is 18.3 Å². The molecule has 0 amide bonds. The van der Waals surface area contributed by atoms with Crippen LogP contribution < -0.4 is 0 Å². The molecule has 0 aliphatic carbocycles. The minimum Gasteiger partial charge on any atom is -0.293 e. The summed E-state index contributed by atoms with van der Waals surface area (Å²) in [5.74, 6) is -0.168. The molecule has 14 heavy (non-hydrogen) atoms. The Labute approximate surface area is 88.5 Å². The van der Waals surface area contributed by atoms with Crippen LogP contribution in [0.25, 0.3) is 0 Å². The molecule has 5 heteroatoms. The molecule has 1 aromatic heterocycles. The average molecular weight is 264 g/mol. The molecule has 0 bridgehead atoms. The van der Waals surface area contributed by atoms with Gasteiger partial charge in [0.1, 0.15) is 5.69 Å². The van der Waals surface area contributed by atoms with Gasteiger partial charge in [0.25, 0.3) is 6.43 Å². The zero-order valence-electron chi connectivity index (χ0n) is 7.38. The van der Waals surface area contributed by atoms with Crippen molar-refractivity contribution in [2.24, 2.45) is 0 Å². The molecule has 0 radical (unpaired) electrons. The van der Waals surface area contributed by atoms with Crippen LogP contribution in [0.3, 0.4) is 0 Å². The molecule has 0 saturated heterocycles. The minimum absolute atomic E-state index is 0.168. The fourth-order valence-corrected chi connectivity index (χ4v) is 1.17. The molecule has 1 heterocycles. The van der Waals surface area contributed by atoms with Gasteiger partial charge in [-0.3, -0.25) is 9.78 Å². The summed E-state index contributed by atoms with van der Waals surface area (Å²) >= 11 is 3.10. The van der Waals surface area contributed by atoms with Crippen LogP contribution in [0.5, 0.6) is 0 Å². The lowest BCUT2D eigenvalue weighted by Gasteiger charge is -2.03. The van der Waals surface area contributed by atoms with E-state index in [-0.39, 0.29) is 16.3 Å². The molecule has 76 valence electrons. The number of aromatic nitrogens is 1. The fourth-order valence-electron chi connectivity index (χ4n) is 0.910. The van der Waals surface area contributed by atoms with Crippen molar-refractivity contribution < 1.29 is 13.6 Å². The highest BCUT2D eigenvalue weighted by molar-refractivity contribution is 9.10. The maximum absolute atomic E-state index is 12.1. The molecule has 0 spiro atoms. The first-order chi connectivity index (χ1) is 6.52. The SMILES string of the molecule is C[C@H](Br)C(=O)c1ccc(C(F)F)nc1. The summed E-state index contributed by atoms with van der Waals surface area (Å²) in [4.78, 5) is 14.5. The Balaban J connectivity index is 2.89. The van der Waals surface area contributed by atoms with Gasteiger partial charge in [0.15, 0.2) is 5.78 Å². The summed E-state index contributed by atoms with van der Waals surface area (Å²) in [7, 11) is 0. The number of hydrogen-bond donors (Lipinski definition) is 0. The molecule has 1 atom stereocenters. The average Bonchev–Trinajstić information content (AvgIpc) is 2.16. The molecule has 1 aromatic rings. The van der Waals surface area contributed by atoms with Crippen LogP contribution >= 0.6 is 15.9 Å². The maximum Gasteiger partial charge on any atom is 0.280 e. The number of halogens is 3. The Kier molecular flexibility index (Phi) is 3.69. The number of rotatable bonds is 3. The van der Waals surface area contributed by atoms with Gasteiger partial charge in [0.05, 0.1) is 4.83 Å². The van der Waals surface area contributed by atoms with Gasteiger partial charge in [0.2, 0.25) is 0 Å². The highest BCUT2D eigenvalue weighted by Gasteiger charge is 2.14. The third kappa shape index (κ3) is 2.57. The maximum atomic E-state index is 12.1. The second kappa shape index (κ2) is 4.59. The Morgan fingerprint density at radius 3 is 2.50 bits per heavy atom. The second-order valence-electron chi connectivity index (χ2n) is 2.75. The fraction of sp³-hybridized carbons (Fsp3) is 0.333. The van der Waals surface area contributed by atoms with Crippen LogP contribution in [0.1, 0.15) is 29.4 Å². The molecule has 0 fully saturated rings. The number of hydrogen-bond acceptors (Lipinski definition) is 2. The topological polar surface area (TPSA) is 30.0 Å². The molecule has 1 rings (SSSR count). The van der Waals surface area contributed by atoms with Crippen molar-refractivity contribution in [2.45, 2.75) is 18.2 Å². The number of nitrogens with zero attached hydrogens (tertiary/aromatic N) is 1. The van der Waals surface area contributed by atoms with E-state index in [1.165, 1.54) is 12.3 Å². The van der Waals surface area contributed by atoms with Crippen molar-refractivity contribution in [1.29, 1.82) is 0 Å². The molecule has 0 aromatic carbocycles. The smallest absolute Gasteiger partial charge is 0.280 e. The summed E-state index contributed by atoms with van der Waals surface area (Å²) in [5.41, 5.74) is 0.0163. The Morgan fingerprint density at radius 2 is 2.14 bits per heavy atom. The third-order valence-electron chi connectivity index (χ3n) is 1.66. The van der Waals surface area contributed by atoms with E-state index >= 15 is 0 Å². The molecule has 0 aliphatic rings. The monoisotopic (exact) mass is 263 g/mol. The van der Waals surface area contributed by atoms with Gasteiger partial charge >= 0.3 is 0 Å². The van der Waals surface area contributed by atoms with Crippen LogP contribution in [0.2, 0.25) is 0 Å². The lowest BCUT2D eigenvalue weighted by molar-refractivity contribution is 0.0994. The Morgan fingerprint density at radius 1 is 1.50 bits per heavy atom. The second-order valence-corrected chi connectivity index (χ2v) is 4.13. The van der Waals surface area contributed by atoms with Crippen LogP contribution in [-0.4, -0.2) is 15.6 Å². The largest absolute Gasteiger partial charge is 0.293 e. The van der Waals surface area contributed by atoms with Gasteiger partial charge in [-0.1, -0.05) is 15.9 Å². The van der Waals surface area contributed by atoms with Crippen molar-refractivity contribution in [3.05, 3.63) is 29.6 Å². The first kappa shape index (κ1) is 11.2. The molecule has 0 aliphatic heterocycles. The van der Waals surface area contributed by atoms with Gasteiger partial charge in [0, 0.05) is 11.8 Å². The summed E-state index contributed by atoms with van der Waals surface area (Å²) in [6, 6.07) is 2.52. The number of carbonyl (C=O) groups excluding carboxylic acids is 1. The van der Waals surface area contributed by atoms with Crippen molar-refractivity contribution in [3.63, 3.8) is 0 Å². The summed E-state index contributed by atoms with van der Waals surface area (Å²) < 4.78 is 24.2. The molecular formula is C9H8BrF2NO. The van der Waals surface area contributed by atoms with E-state index in [4.69, 9.17) is 0 Å². The Bertz CT molecular complexity index is 324. The van der Waals surface area contributed by atoms with Crippen molar-refractivity contribution in [2.75, 3.05) is 0 Å². The van der Waals surface area contributed by atoms with E-state index in [0.29, 0.717) is 5.56 Å². The third-order valence-corrected chi connectivity index (χ3v) is 2.07. The summed E-state index contributed by atoms with van der Waals surface area (Å²) in [5, 5.41) is 0. The van der Waals surface area contributed by atoms with Gasteiger partial charge in [-0.25, -0.2) is 8.78 Å². The summed E-state index contributed by atoms with van der Waals surface area (Å²) in [6.07, 6.45) is -1.43. The zero-order chi connectivity index (χ0) is 10.7. The molecule has 0 unspecified atom stereocenters. The standard InChI is InChI=1S/C9H8BrF2NO/c1-5(10)8(14)6-2-3-7(9(11)12)13-4-6/h2-5,9H,1H3/t5-/m0/s1. The highest BCUT2D eigenvalue weighted by atomic mass is 79.9. The molecule has 2 nitrogen and oxygen atoms in total. The van der Waals surface area contributed by atoms with Crippen molar-refractivity contribution >= 4 is 21.7 Å². The van der Waals surface area contributed by atoms with Crippen LogP contribution in [0.4, 0.5) is 8.78 Å². The van der Waals surface area contributed by atoms with Gasteiger partial charge in [-0.05, 0) is 19.1 Å². The Hall–Kier alpha value is -0.840. The van der Waals surface area contributed by atoms with E-state index in [9.17, 15) is 13.6 Å². The lowest BCUT2D eigenvalue weighted by Crippen LogP contribution is -2.10. The van der Waals surface area contributed by atoms with Crippen molar-refractivity contribution in [3.8, 4) is 0 Å². The zero-order valence-corrected chi connectivity index (χ0v) is 8.96. The van der Waals surface area contributed by atoms with E-state index in [1.54, 1.807) is 6.92 Å². The number of ketones is 1. The number of alkyl halides is 3. The number of Topliss-reactive ketones (excluding diaryl/α,β-unsaturated/α-hetero) is 1. The van der Waals surface area contributed by atoms with Gasteiger partial charge in [-0.2, -0.15) is 0 Å². The van der Waals surface area contributed by atoms with Gasteiger partial charge in [-0.15, -0.1) is 0 Å². The first-order valence-electron chi connectivity index (χ1n) is 3.94. The van der Waals surface area contributed by atoms with E-state index < -0.39 is 6.43 Å². The lowest BCUT2D eigenvalue weighted by atomic mass is 10.1. The molecule has 0 saturated carbocycles. The summed E-state index contributed by atoms with van der Waals surface area (Å²) in [6.45, 7) is 1.67. The van der Waals surface area contributed by atoms with Gasteiger partial charge < -0.3 is 0 Å². The highest BCUT2D eigenvalue weighted by Crippen LogP contribution is 2.17. The normalized spacial score (nSPS) is 12.9.